The number of rotatable bonds is 12. The summed E-state index contributed by atoms with van der Waals surface area (Å²) in [6.45, 7) is 6.87. The molecule has 0 radical (unpaired) electrons. The first kappa shape index (κ1) is 22.3. The van der Waals surface area contributed by atoms with E-state index in [9.17, 15) is 4.79 Å². The highest BCUT2D eigenvalue weighted by atomic mass is 32.2. The van der Waals surface area contributed by atoms with Crippen LogP contribution in [0.3, 0.4) is 0 Å². The molecule has 3 nitrogen and oxygen atoms in total. The van der Waals surface area contributed by atoms with Crippen LogP contribution in [-0.4, -0.2) is 23.5 Å². The number of carbonyl (C=O) groups excluding carboxylic acids is 1. The number of thioether (sulfide) groups is 1. The van der Waals surface area contributed by atoms with Gasteiger partial charge in [-0.15, -0.1) is 6.58 Å². The van der Waals surface area contributed by atoms with Gasteiger partial charge in [0.25, 0.3) is 0 Å². The Morgan fingerprint density at radius 3 is 2.50 bits per heavy atom. The van der Waals surface area contributed by atoms with Crippen LogP contribution in [0.4, 0.5) is 0 Å². The molecule has 2 aromatic rings. The van der Waals surface area contributed by atoms with E-state index in [0.29, 0.717) is 11.3 Å². The third-order valence-corrected chi connectivity index (χ3v) is 5.86. The van der Waals surface area contributed by atoms with Crippen LogP contribution < -0.4 is 10.1 Å². The fourth-order valence-electron chi connectivity index (χ4n) is 3.13. The van der Waals surface area contributed by atoms with E-state index in [1.165, 1.54) is 17.3 Å². The third-order valence-electron chi connectivity index (χ3n) is 4.65. The van der Waals surface area contributed by atoms with Gasteiger partial charge in [-0.1, -0.05) is 73.6 Å². The van der Waals surface area contributed by atoms with Gasteiger partial charge >= 0.3 is 0 Å². The van der Waals surface area contributed by atoms with E-state index in [-0.39, 0.29) is 5.12 Å². The van der Waals surface area contributed by atoms with Crippen molar-refractivity contribution in [1.82, 2.24) is 5.32 Å². The van der Waals surface area contributed by atoms with Gasteiger partial charge in [-0.25, -0.2) is 0 Å². The molecule has 1 N–H and O–H groups in total. The summed E-state index contributed by atoms with van der Waals surface area (Å²) < 4.78 is 5.22. The fraction of sp³-hybridized carbons (Fsp3) is 0.375. The smallest absolute Gasteiger partial charge is 0.219 e. The molecular weight excluding hydrogens is 366 g/mol. The second-order valence-corrected chi connectivity index (χ2v) is 8.14. The lowest BCUT2D eigenvalue weighted by atomic mass is 10.0. The van der Waals surface area contributed by atoms with Gasteiger partial charge in [-0.2, -0.15) is 0 Å². The van der Waals surface area contributed by atoms with Crippen molar-refractivity contribution < 1.29 is 9.53 Å². The number of hydrogen-bond donors (Lipinski definition) is 1. The summed E-state index contributed by atoms with van der Waals surface area (Å²) in [5.74, 6) is 0.866. The Morgan fingerprint density at radius 1 is 1.18 bits per heavy atom. The zero-order valence-electron chi connectivity index (χ0n) is 16.9. The quantitative estimate of drug-likeness (QED) is 0.455. The zero-order chi connectivity index (χ0) is 20.2. The monoisotopic (exact) mass is 397 g/mol. The van der Waals surface area contributed by atoms with Crippen LogP contribution in [-0.2, 0) is 6.54 Å². The van der Waals surface area contributed by atoms with Crippen LogP contribution in [0.5, 0.6) is 5.75 Å². The molecule has 0 aliphatic heterocycles. The van der Waals surface area contributed by atoms with E-state index in [2.05, 4.69) is 31.0 Å². The molecular formula is C24H31NO2S. The Kier molecular flexibility index (Phi) is 9.87. The molecule has 2 unspecified atom stereocenters. The third kappa shape index (κ3) is 7.53. The Balaban J connectivity index is 1.95. The minimum Gasteiger partial charge on any atom is -0.497 e. The summed E-state index contributed by atoms with van der Waals surface area (Å²) >= 11 is 1.47. The van der Waals surface area contributed by atoms with E-state index in [1.54, 1.807) is 7.11 Å². The number of ether oxygens (including phenoxy) is 1. The van der Waals surface area contributed by atoms with Crippen molar-refractivity contribution >= 4 is 16.9 Å². The number of methoxy groups -OCH3 is 1. The molecule has 0 aliphatic carbocycles. The zero-order valence-corrected chi connectivity index (χ0v) is 17.7. The highest BCUT2D eigenvalue weighted by Crippen LogP contribution is 2.26. The first-order valence-corrected chi connectivity index (χ1v) is 10.8. The van der Waals surface area contributed by atoms with Gasteiger partial charge in [0.15, 0.2) is 0 Å². The second-order valence-electron chi connectivity index (χ2n) is 6.87. The van der Waals surface area contributed by atoms with Gasteiger partial charge in [0.05, 0.1) is 7.11 Å². The lowest BCUT2D eigenvalue weighted by Crippen LogP contribution is -2.31. The van der Waals surface area contributed by atoms with Crippen molar-refractivity contribution in [3.8, 4) is 5.75 Å². The standard InChI is InChI=1S/C24H31NO2S/c1-4-9-21(25-18-19-13-15-22(27-3)16-14-19)17-23(10-5-2)28-24(26)20-11-7-6-8-12-20/h4,6-8,11-16,21,23,25H,1,5,9-10,17-18H2,2-3H3. The van der Waals surface area contributed by atoms with E-state index < -0.39 is 0 Å². The molecule has 0 amide bonds. The lowest BCUT2D eigenvalue weighted by molar-refractivity contribution is 0.108. The van der Waals surface area contributed by atoms with Crippen LogP contribution in [0.1, 0.15) is 48.5 Å². The maximum absolute atomic E-state index is 12.6. The minimum atomic E-state index is 0.159. The van der Waals surface area contributed by atoms with Crippen molar-refractivity contribution in [3.63, 3.8) is 0 Å². The highest BCUT2D eigenvalue weighted by molar-refractivity contribution is 8.14. The van der Waals surface area contributed by atoms with Crippen LogP contribution in [0.25, 0.3) is 0 Å². The average molecular weight is 398 g/mol. The van der Waals surface area contributed by atoms with E-state index in [4.69, 9.17) is 4.74 Å². The summed E-state index contributed by atoms with van der Waals surface area (Å²) in [5.41, 5.74) is 2.00. The van der Waals surface area contributed by atoms with Gasteiger partial charge in [0.2, 0.25) is 5.12 Å². The molecule has 0 saturated carbocycles. The Morgan fingerprint density at radius 2 is 1.89 bits per heavy atom. The number of carbonyl (C=O) groups is 1. The second kappa shape index (κ2) is 12.4. The molecule has 150 valence electrons. The average Bonchev–Trinajstić information content (AvgIpc) is 2.73. The maximum atomic E-state index is 12.6. The summed E-state index contributed by atoms with van der Waals surface area (Å²) in [4.78, 5) is 12.6. The SMILES string of the molecule is C=CCC(CC(CCC)SC(=O)c1ccccc1)NCc1ccc(OC)cc1. The first-order chi connectivity index (χ1) is 13.7. The fourth-order valence-corrected chi connectivity index (χ4v) is 4.38. The molecule has 2 atom stereocenters. The Bertz CT molecular complexity index is 715. The van der Waals surface area contributed by atoms with Gasteiger partial charge in [0.1, 0.15) is 5.75 Å². The van der Waals surface area contributed by atoms with E-state index in [1.807, 2.05) is 48.5 Å². The predicted octanol–water partition coefficient (Wildman–Crippen LogP) is 5.86. The van der Waals surface area contributed by atoms with E-state index in [0.717, 1.165) is 43.5 Å². The van der Waals surface area contributed by atoms with Crippen molar-refractivity contribution in [2.45, 2.75) is 50.4 Å². The van der Waals surface area contributed by atoms with Gasteiger partial charge in [0, 0.05) is 23.4 Å². The normalized spacial score (nSPS) is 12.9. The Hall–Kier alpha value is -2.04. The summed E-state index contributed by atoms with van der Waals surface area (Å²) in [6.07, 6.45) is 5.88. The van der Waals surface area contributed by atoms with E-state index >= 15 is 0 Å². The molecule has 4 heteroatoms. The molecule has 28 heavy (non-hydrogen) atoms. The molecule has 0 aliphatic rings. The van der Waals surface area contributed by atoms with Gasteiger partial charge in [-0.05, 0) is 37.0 Å². The Labute approximate surface area is 173 Å². The van der Waals surface area contributed by atoms with Crippen LogP contribution >= 0.6 is 11.8 Å². The number of nitrogens with one attached hydrogen (secondary N) is 1. The topological polar surface area (TPSA) is 38.3 Å². The molecule has 2 aromatic carbocycles. The predicted molar refractivity (Wildman–Crippen MR) is 120 cm³/mol. The van der Waals surface area contributed by atoms with Crippen molar-refractivity contribution in [2.24, 2.45) is 0 Å². The molecule has 0 aromatic heterocycles. The van der Waals surface area contributed by atoms with Crippen LogP contribution in [0.15, 0.2) is 67.3 Å². The molecule has 2 rings (SSSR count). The van der Waals surface area contributed by atoms with Crippen molar-refractivity contribution in [2.75, 3.05) is 7.11 Å². The summed E-state index contributed by atoms with van der Waals surface area (Å²) in [7, 11) is 1.68. The first-order valence-electron chi connectivity index (χ1n) is 9.89. The number of benzene rings is 2. The minimum absolute atomic E-state index is 0.159. The highest BCUT2D eigenvalue weighted by Gasteiger charge is 2.19. The molecule has 0 fully saturated rings. The van der Waals surface area contributed by atoms with Crippen molar-refractivity contribution in [3.05, 3.63) is 78.4 Å². The van der Waals surface area contributed by atoms with Crippen molar-refractivity contribution in [1.29, 1.82) is 0 Å². The molecule has 0 heterocycles. The number of hydrogen-bond acceptors (Lipinski definition) is 4. The molecule has 0 saturated heterocycles. The summed E-state index contributed by atoms with van der Waals surface area (Å²) in [5, 5.41) is 4.10. The summed E-state index contributed by atoms with van der Waals surface area (Å²) in [6, 6.07) is 18.0. The van der Waals surface area contributed by atoms with Gasteiger partial charge in [-0.3, -0.25) is 4.79 Å². The molecule has 0 spiro atoms. The van der Waals surface area contributed by atoms with Crippen LogP contribution in [0, 0.1) is 0 Å². The van der Waals surface area contributed by atoms with Crippen LogP contribution in [0.2, 0.25) is 0 Å². The maximum Gasteiger partial charge on any atom is 0.219 e. The molecule has 0 bridgehead atoms. The largest absolute Gasteiger partial charge is 0.497 e. The lowest BCUT2D eigenvalue weighted by Gasteiger charge is -2.23. The van der Waals surface area contributed by atoms with Gasteiger partial charge < -0.3 is 10.1 Å².